The molecule has 2 fully saturated rings. The molecule has 154 valence electrons. The number of nitrogens with zero attached hydrogens (tertiary/aromatic N) is 1. The monoisotopic (exact) mass is 399 g/mol. The standard InChI is InChI=1S/C20H25N5O4/c1-11-9-16(26)25(2)15-4-3-13(10-14(11)15)22-18(28)21-12-5-7-20(8-6-12)17(27)23-19(29)24-20/h3-4,10-12H,5-9H2,1-2H3,(H2,21,22,28)(H2,23,24,27,29). The Morgan fingerprint density at radius 1 is 1.21 bits per heavy atom. The van der Waals surface area contributed by atoms with Crippen LogP contribution in [0, 0.1) is 0 Å². The van der Waals surface area contributed by atoms with Gasteiger partial charge in [-0.1, -0.05) is 6.92 Å². The molecule has 1 aromatic rings. The van der Waals surface area contributed by atoms with Crippen LogP contribution in [0.25, 0.3) is 0 Å². The minimum atomic E-state index is -0.830. The van der Waals surface area contributed by atoms with E-state index in [0.717, 1.165) is 11.3 Å². The molecule has 1 spiro atoms. The summed E-state index contributed by atoms with van der Waals surface area (Å²) in [6.45, 7) is 2.00. The lowest BCUT2D eigenvalue weighted by atomic mass is 9.79. The normalized spacial score (nSPS) is 28.6. The predicted molar refractivity (Wildman–Crippen MR) is 107 cm³/mol. The highest BCUT2D eigenvalue weighted by Crippen LogP contribution is 2.36. The quantitative estimate of drug-likeness (QED) is 0.567. The van der Waals surface area contributed by atoms with Crippen LogP contribution in [0.3, 0.4) is 0 Å². The lowest BCUT2D eigenvalue weighted by Crippen LogP contribution is -2.53. The fourth-order valence-corrected chi connectivity index (χ4v) is 4.46. The molecule has 0 aromatic heterocycles. The SMILES string of the molecule is CC1CC(=O)N(C)c2ccc(NC(=O)NC3CCC4(CC3)NC(=O)NC4=O)cc21. The molecule has 9 nitrogen and oxygen atoms in total. The highest BCUT2D eigenvalue weighted by molar-refractivity contribution is 6.07. The summed E-state index contributed by atoms with van der Waals surface area (Å²) >= 11 is 0. The zero-order valence-electron chi connectivity index (χ0n) is 16.5. The van der Waals surface area contributed by atoms with Crippen LogP contribution in [-0.4, -0.2) is 42.5 Å². The number of carbonyl (C=O) groups excluding carboxylic acids is 4. The fraction of sp³-hybridized carbons (Fsp3) is 0.500. The van der Waals surface area contributed by atoms with E-state index in [1.54, 1.807) is 18.0 Å². The van der Waals surface area contributed by atoms with Crippen LogP contribution in [0.15, 0.2) is 18.2 Å². The Morgan fingerprint density at radius 2 is 1.93 bits per heavy atom. The summed E-state index contributed by atoms with van der Waals surface area (Å²) in [4.78, 5) is 49.5. The molecule has 1 aliphatic carbocycles. The van der Waals surface area contributed by atoms with Crippen LogP contribution in [0.4, 0.5) is 21.0 Å². The van der Waals surface area contributed by atoms with Crippen molar-refractivity contribution >= 4 is 35.3 Å². The van der Waals surface area contributed by atoms with Crippen LogP contribution >= 0.6 is 0 Å². The van der Waals surface area contributed by atoms with Crippen LogP contribution in [0.5, 0.6) is 0 Å². The Labute approximate surface area is 168 Å². The Morgan fingerprint density at radius 3 is 2.59 bits per heavy atom. The van der Waals surface area contributed by atoms with Gasteiger partial charge in [0.05, 0.1) is 0 Å². The number of carbonyl (C=O) groups is 4. The molecule has 0 bridgehead atoms. The maximum absolute atomic E-state index is 12.4. The molecule has 6 amide bonds. The molecule has 1 saturated carbocycles. The Balaban J connectivity index is 1.35. The van der Waals surface area contributed by atoms with E-state index in [1.165, 1.54) is 0 Å². The van der Waals surface area contributed by atoms with Crippen molar-refractivity contribution in [2.75, 3.05) is 17.3 Å². The summed E-state index contributed by atoms with van der Waals surface area (Å²) < 4.78 is 0. The van der Waals surface area contributed by atoms with Gasteiger partial charge in [0.15, 0.2) is 0 Å². The van der Waals surface area contributed by atoms with Crippen LogP contribution in [0.1, 0.15) is 50.5 Å². The Kier molecular flexibility index (Phi) is 4.68. The second-order valence-corrected chi connectivity index (χ2v) is 8.19. The van der Waals surface area contributed by atoms with Gasteiger partial charge in [-0.2, -0.15) is 0 Å². The Hall–Kier alpha value is -3.10. The highest BCUT2D eigenvalue weighted by atomic mass is 16.2. The minimum absolute atomic E-state index is 0.0637. The molecule has 29 heavy (non-hydrogen) atoms. The third kappa shape index (κ3) is 3.52. The van der Waals surface area contributed by atoms with Crippen molar-refractivity contribution in [2.45, 2.75) is 56.5 Å². The van der Waals surface area contributed by atoms with Gasteiger partial charge in [0.1, 0.15) is 5.54 Å². The number of hydrogen-bond acceptors (Lipinski definition) is 4. The zero-order valence-corrected chi connectivity index (χ0v) is 16.5. The van der Waals surface area contributed by atoms with Crippen molar-refractivity contribution in [3.63, 3.8) is 0 Å². The van der Waals surface area contributed by atoms with Crippen molar-refractivity contribution < 1.29 is 19.2 Å². The van der Waals surface area contributed by atoms with Crippen molar-refractivity contribution in [2.24, 2.45) is 0 Å². The number of urea groups is 2. The number of anilines is 2. The average Bonchev–Trinajstić information content (AvgIpc) is 2.95. The first-order valence-electron chi connectivity index (χ1n) is 9.89. The molecular weight excluding hydrogens is 374 g/mol. The molecule has 3 aliphatic rings. The molecule has 2 heterocycles. The van der Waals surface area contributed by atoms with E-state index in [0.29, 0.717) is 37.8 Å². The first-order valence-corrected chi connectivity index (χ1v) is 9.89. The van der Waals surface area contributed by atoms with Crippen molar-refractivity contribution in [1.29, 1.82) is 0 Å². The van der Waals surface area contributed by atoms with Gasteiger partial charge in [0.25, 0.3) is 5.91 Å². The molecular formula is C20H25N5O4. The third-order valence-electron chi connectivity index (χ3n) is 6.22. The first-order chi connectivity index (χ1) is 13.8. The minimum Gasteiger partial charge on any atom is -0.335 e. The van der Waals surface area contributed by atoms with Gasteiger partial charge in [-0.3, -0.25) is 14.9 Å². The summed E-state index contributed by atoms with van der Waals surface area (Å²) in [6.07, 6.45) is 2.65. The van der Waals surface area contributed by atoms with Gasteiger partial charge in [0.2, 0.25) is 5.91 Å². The molecule has 1 unspecified atom stereocenters. The molecule has 9 heteroatoms. The van der Waals surface area contributed by atoms with Crippen LogP contribution in [-0.2, 0) is 9.59 Å². The van der Waals surface area contributed by atoms with Crippen molar-refractivity contribution in [1.82, 2.24) is 16.0 Å². The number of rotatable bonds is 2. The second-order valence-electron chi connectivity index (χ2n) is 8.19. The maximum atomic E-state index is 12.4. The number of fused-ring (bicyclic) bond motifs is 1. The lowest BCUT2D eigenvalue weighted by molar-refractivity contribution is -0.125. The molecule has 4 N–H and O–H groups in total. The smallest absolute Gasteiger partial charge is 0.322 e. The lowest BCUT2D eigenvalue weighted by Gasteiger charge is -2.34. The van der Waals surface area contributed by atoms with E-state index in [-0.39, 0.29) is 29.8 Å². The van der Waals surface area contributed by atoms with E-state index in [4.69, 9.17) is 0 Å². The zero-order chi connectivity index (χ0) is 20.8. The number of nitrogens with one attached hydrogen (secondary N) is 4. The Bertz CT molecular complexity index is 891. The molecule has 1 atom stereocenters. The highest BCUT2D eigenvalue weighted by Gasteiger charge is 2.48. The fourth-order valence-electron chi connectivity index (χ4n) is 4.46. The molecule has 1 saturated heterocycles. The van der Waals surface area contributed by atoms with Gasteiger partial charge in [-0.25, -0.2) is 9.59 Å². The van der Waals surface area contributed by atoms with E-state index in [9.17, 15) is 19.2 Å². The topological polar surface area (TPSA) is 120 Å². The number of amides is 6. The maximum Gasteiger partial charge on any atom is 0.322 e. The summed E-state index contributed by atoms with van der Waals surface area (Å²) in [7, 11) is 1.76. The first kappa shape index (κ1) is 19.2. The van der Waals surface area contributed by atoms with Crippen LogP contribution in [0.2, 0.25) is 0 Å². The van der Waals surface area contributed by atoms with Gasteiger partial charge >= 0.3 is 12.1 Å². The van der Waals surface area contributed by atoms with Gasteiger partial charge in [0, 0.05) is 30.9 Å². The van der Waals surface area contributed by atoms with E-state index in [2.05, 4.69) is 21.3 Å². The van der Waals surface area contributed by atoms with Gasteiger partial charge in [-0.15, -0.1) is 0 Å². The second kappa shape index (κ2) is 7.06. The van der Waals surface area contributed by atoms with Gasteiger partial charge < -0.3 is 20.9 Å². The summed E-state index contributed by atoms with van der Waals surface area (Å²) in [5.41, 5.74) is 1.75. The summed E-state index contributed by atoms with van der Waals surface area (Å²) in [5, 5.41) is 10.8. The number of benzene rings is 1. The average molecular weight is 399 g/mol. The molecule has 2 aliphatic heterocycles. The van der Waals surface area contributed by atoms with Gasteiger partial charge in [-0.05, 0) is 55.4 Å². The van der Waals surface area contributed by atoms with Crippen molar-refractivity contribution in [3.05, 3.63) is 23.8 Å². The van der Waals surface area contributed by atoms with Crippen molar-refractivity contribution in [3.8, 4) is 0 Å². The molecule has 0 radical (unpaired) electrons. The third-order valence-corrected chi connectivity index (χ3v) is 6.22. The predicted octanol–water partition coefficient (Wildman–Crippen LogP) is 1.80. The molecule has 1 aromatic carbocycles. The van der Waals surface area contributed by atoms with E-state index >= 15 is 0 Å². The molecule has 4 rings (SSSR count). The van der Waals surface area contributed by atoms with E-state index < -0.39 is 11.6 Å². The summed E-state index contributed by atoms with van der Waals surface area (Å²) in [6, 6.07) is 4.73. The van der Waals surface area contributed by atoms with E-state index in [1.807, 2.05) is 19.1 Å². The number of hydrogen-bond donors (Lipinski definition) is 4. The van der Waals surface area contributed by atoms with Crippen LogP contribution < -0.4 is 26.2 Å². The summed E-state index contributed by atoms with van der Waals surface area (Å²) in [5.74, 6) is -0.0940. The number of imide groups is 1. The largest absolute Gasteiger partial charge is 0.335 e.